The molecule has 1 fully saturated rings. The van der Waals surface area contributed by atoms with Gasteiger partial charge in [0.2, 0.25) is 11.6 Å². The first kappa shape index (κ1) is 13.8. The van der Waals surface area contributed by atoms with Crippen LogP contribution in [0.5, 0.6) is 0 Å². The molecule has 1 aromatic heterocycles. The summed E-state index contributed by atoms with van der Waals surface area (Å²) in [6, 6.07) is 0. The van der Waals surface area contributed by atoms with Crippen molar-refractivity contribution in [1.82, 2.24) is 4.98 Å². The van der Waals surface area contributed by atoms with E-state index in [1.54, 1.807) is 0 Å². The zero-order valence-corrected chi connectivity index (χ0v) is 10.1. The number of anilines is 1. The molecule has 7 heteroatoms. The van der Waals surface area contributed by atoms with Crippen LogP contribution in [0.15, 0.2) is 5.10 Å². The minimum atomic E-state index is -1.69. The summed E-state index contributed by atoms with van der Waals surface area (Å²) in [5, 5.41) is 3.84. The van der Waals surface area contributed by atoms with Gasteiger partial charge in [-0.2, -0.15) is 27.6 Å². The lowest BCUT2D eigenvalue weighted by Crippen LogP contribution is -2.08. The Morgan fingerprint density at radius 3 is 1.89 bits per heavy atom. The van der Waals surface area contributed by atoms with E-state index >= 15 is 0 Å². The molecule has 1 N–H and O–H groups in total. The highest BCUT2D eigenvalue weighted by Gasteiger charge is 2.20. The van der Waals surface area contributed by atoms with Crippen molar-refractivity contribution >= 4 is 11.4 Å². The molecule has 1 heterocycles. The molecule has 0 bridgehead atoms. The number of hydrogen-bond donors (Lipinski definition) is 1. The van der Waals surface area contributed by atoms with Crippen molar-refractivity contribution in [3.63, 3.8) is 0 Å². The van der Waals surface area contributed by atoms with Gasteiger partial charge in [0.05, 0.1) is 0 Å². The van der Waals surface area contributed by atoms with E-state index in [0.29, 0.717) is 12.8 Å². The van der Waals surface area contributed by atoms with Gasteiger partial charge in [-0.25, -0.2) is 0 Å². The zero-order chi connectivity index (χ0) is 13.8. The van der Waals surface area contributed by atoms with Gasteiger partial charge in [-0.3, -0.25) is 5.43 Å². The van der Waals surface area contributed by atoms with E-state index in [-0.39, 0.29) is 0 Å². The number of rotatable bonds is 2. The highest BCUT2D eigenvalue weighted by atomic mass is 19.2. The van der Waals surface area contributed by atoms with Crippen LogP contribution >= 0.6 is 0 Å². The zero-order valence-electron chi connectivity index (χ0n) is 10.1. The van der Waals surface area contributed by atoms with Gasteiger partial charge in [-0.1, -0.05) is 12.8 Å². The molecule has 0 aromatic carbocycles. The number of pyridine rings is 1. The van der Waals surface area contributed by atoms with Crippen molar-refractivity contribution in [3.05, 3.63) is 23.5 Å². The molecule has 0 spiro atoms. The molecular weight excluding hydrogens is 262 g/mol. The van der Waals surface area contributed by atoms with Gasteiger partial charge in [0.25, 0.3) is 11.9 Å². The van der Waals surface area contributed by atoms with Crippen LogP contribution in [-0.4, -0.2) is 10.7 Å². The van der Waals surface area contributed by atoms with E-state index in [4.69, 9.17) is 0 Å². The average molecular weight is 275 g/mol. The third-order valence-electron chi connectivity index (χ3n) is 3.00. The van der Waals surface area contributed by atoms with Crippen LogP contribution in [0, 0.1) is 23.5 Å². The summed E-state index contributed by atoms with van der Waals surface area (Å²) >= 11 is 0. The second-order valence-corrected chi connectivity index (χ2v) is 4.40. The number of nitrogens with one attached hydrogen (secondary N) is 1. The first-order valence-corrected chi connectivity index (χ1v) is 6.11. The predicted molar refractivity (Wildman–Crippen MR) is 62.8 cm³/mol. The van der Waals surface area contributed by atoms with E-state index in [1.165, 1.54) is 0 Å². The summed E-state index contributed by atoms with van der Waals surface area (Å²) in [7, 11) is 0. The fourth-order valence-corrected chi connectivity index (χ4v) is 1.97. The van der Waals surface area contributed by atoms with E-state index in [2.05, 4.69) is 15.5 Å². The molecule has 1 aliphatic carbocycles. The molecule has 0 atom stereocenters. The number of aromatic nitrogens is 1. The lowest BCUT2D eigenvalue weighted by atomic mass is 10.2. The summed E-state index contributed by atoms with van der Waals surface area (Å²) in [5.74, 6) is -6.53. The fraction of sp³-hybridized carbons (Fsp3) is 0.500. The van der Waals surface area contributed by atoms with Crippen LogP contribution in [0.4, 0.5) is 23.2 Å². The van der Waals surface area contributed by atoms with Crippen LogP contribution in [0.3, 0.4) is 0 Å². The Labute approximate surface area is 107 Å². The summed E-state index contributed by atoms with van der Waals surface area (Å²) < 4.78 is 52.3. The highest BCUT2D eigenvalue weighted by molar-refractivity contribution is 5.85. The van der Waals surface area contributed by atoms with E-state index in [9.17, 15) is 17.6 Å². The summed E-state index contributed by atoms with van der Waals surface area (Å²) in [4.78, 5) is 2.47. The maximum Gasteiger partial charge on any atom is 0.254 e. The summed E-state index contributed by atoms with van der Waals surface area (Å²) in [6.07, 6.45) is 5.49. The molecule has 2 rings (SSSR count). The topological polar surface area (TPSA) is 37.3 Å². The second kappa shape index (κ2) is 5.99. The smallest absolute Gasteiger partial charge is 0.254 e. The van der Waals surface area contributed by atoms with Crippen molar-refractivity contribution < 1.29 is 17.6 Å². The van der Waals surface area contributed by atoms with Crippen LogP contribution in [-0.2, 0) is 0 Å². The van der Waals surface area contributed by atoms with Gasteiger partial charge in [0.15, 0.2) is 0 Å². The van der Waals surface area contributed by atoms with E-state index in [1.807, 2.05) is 0 Å². The first-order valence-electron chi connectivity index (χ1n) is 6.11. The van der Waals surface area contributed by atoms with Crippen molar-refractivity contribution in [2.75, 3.05) is 5.43 Å². The van der Waals surface area contributed by atoms with Gasteiger partial charge in [-0.15, -0.1) is 0 Å². The van der Waals surface area contributed by atoms with Gasteiger partial charge in [0, 0.05) is 5.71 Å². The van der Waals surface area contributed by atoms with Crippen LogP contribution in [0.1, 0.15) is 38.5 Å². The van der Waals surface area contributed by atoms with Crippen molar-refractivity contribution in [2.45, 2.75) is 38.5 Å². The SMILES string of the molecule is Fc1nc(F)c(F)c(NN=C2CCCCCC2)c1F. The molecule has 0 radical (unpaired) electrons. The third kappa shape index (κ3) is 3.21. The number of hydrazone groups is 1. The molecule has 104 valence electrons. The van der Waals surface area contributed by atoms with Gasteiger partial charge >= 0.3 is 0 Å². The normalized spacial score (nSPS) is 16.1. The lowest BCUT2D eigenvalue weighted by molar-refractivity contribution is 0.411. The van der Waals surface area contributed by atoms with Crippen molar-refractivity contribution in [1.29, 1.82) is 0 Å². The highest BCUT2D eigenvalue weighted by Crippen LogP contribution is 2.22. The Morgan fingerprint density at radius 2 is 1.37 bits per heavy atom. The maximum absolute atomic E-state index is 13.3. The third-order valence-corrected chi connectivity index (χ3v) is 3.00. The standard InChI is InChI=1S/C12H13F4N3/c13-8-10(9(14)12(16)17-11(8)15)19-18-7-5-3-1-2-4-6-7/h1-6H2,(H,17,19). The Kier molecular flexibility index (Phi) is 4.34. The molecule has 1 aliphatic rings. The molecule has 3 nitrogen and oxygen atoms in total. The monoisotopic (exact) mass is 275 g/mol. The first-order chi connectivity index (χ1) is 9.09. The molecule has 0 aliphatic heterocycles. The second-order valence-electron chi connectivity index (χ2n) is 4.40. The molecule has 19 heavy (non-hydrogen) atoms. The number of hydrogen-bond acceptors (Lipinski definition) is 3. The molecule has 0 unspecified atom stereocenters. The van der Waals surface area contributed by atoms with Crippen LogP contribution in [0.25, 0.3) is 0 Å². The predicted octanol–water partition coefficient (Wildman–Crippen LogP) is 3.76. The minimum absolute atomic E-state index is 0.715. The van der Waals surface area contributed by atoms with E-state index in [0.717, 1.165) is 31.4 Å². The maximum atomic E-state index is 13.3. The molecule has 0 saturated heterocycles. The lowest BCUT2D eigenvalue weighted by Gasteiger charge is -2.07. The Hall–Kier alpha value is -1.66. The largest absolute Gasteiger partial charge is 0.272 e. The molecule has 0 amide bonds. The van der Waals surface area contributed by atoms with Gasteiger partial charge in [0.1, 0.15) is 5.69 Å². The Morgan fingerprint density at radius 1 is 0.842 bits per heavy atom. The summed E-state index contributed by atoms with van der Waals surface area (Å²) in [5.41, 5.74) is 1.88. The quantitative estimate of drug-likeness (QED) is 0.386. The van der Waals surface area contributed by atoms with E-state index < -0.39 is 29.2 Å². The molecule has 1 aromatic rings. The minimum Gasteiger partial charge on any atom is -0.272 e. The molecule has 1 saturated carbocycles. The van der Waals surface area contributed by atoms with Crippen molar-refractivity contribution in [2.24, 2.45) is 5.10 Å². The van der Waals surface area contributed by atoms with Crippen molar-refractivity contribution in [3.8, 4) is 0 Å². The van der Waals surface area contributed by atoms with Gasteiger partial charge < -0.3 is 0 Å². The van der Waals surface area contributed by atoms with Crippen LogP contribution in [0.2, 0.25) is 0 Å². The molecular formula is C12H13F4N3. The fourth-order valence-electron chi connectivity index (χ4n) is 1.97. The number of halogens is 4. The van der Waals surface area contributed by atoms with Gasteiger partial charge in [-0.05, 0) is 25.7 Å². The summed E-state index contributed by atoms with van der Waals surface area (Å²) in [6.45, 7) is 0. The Balaban J connectivity index is 2.21. The van der Waals surface area contributed by atoms with Crippen LogP contribution < -0.4 is 5.43 Å². The average Bonchev–Trinajstić information content (AvgIpc) is 2.65. The number of nitrogens with zero attached hydrogens (tertiary/aromatic N) is 2. The Bertz CT molecular complexity index is 466.